The summed E-state index contributed by atoms with van der Waals surface area (Å²) in [6.45, 7) is 7.85. The van der Waals surface area contributed by atoms with E-state index in [0.29, 0.717) is 11.1 Å². The van der Waals surface area contributed by atoms with Crippen LogP contribution in [0.5, 0.6) is 0 Å². The third kappa shape index (κ3) is 4.99. The number of thioether (sulfide) groups is 1. The summed E-state index contributed by atoms with van der Waals surface area (Å²) in [5, 5.41) is 9.63. The summed E-state index contributed by atoms with van der Waals surface area (Å²) >= 11 is 1.60. The molecule has 1 aromatic carbocycles. The lowest BCUT2D eigenvalue weighted by molar-refractivity contribution is 0.253. The molecule has 2 aromatic heterocycles. The maximum absolute atomic E-state index is 14.5. The molecule has 0 aliphatic heterocycles. The van der Waals surface area contributed by atoms with E-state index in [0.717, 1.165) is 39.1 Å². The van der Waals surface area contributed by atoms with Crippen molar-refractivity contribution in [2.24, 2.45) is 0 Å². The molecule has 0 spiro atoms. The Labute approximate surface area is 180 Å². The Bertz CT molecular complexity index is 1090. The van der Waals surface area contributed by atoms with Crippen LogP contribution in [-0.2, 0) is 0 Å². The molecule has 0 aliphatic carbocycles. The van der Waals surface area contributed by atoms with Crippen molar-refractivity contribution in [3.8, 4) is 11.1 Å². The van der Waals surface area contributed by atoms with E-state index in [1.54, 1.807) is 24.0 Å². The van der Waals surface area contributed by atoms with Crippen LogP contribution >= 0.6 is 11.8 Å². The molecule has 0 fully saturated rings. The Morgan fingerprint density at radius 2 is 1.93 bits per heavy atom. The Balaban J connectivity index is 1.93. The van der Waals surface area contributed by atoms with Gasteiger partial charge in [-0.15, -0.1) is 11.8 Å². The van der Waals surface area contributed by atoms with Gasteiger partial charge in [0.05, 0.1) is 17.1 Å². The average molecular weight is 428 g/mol. The molecular formula is C22H26FN5OS. The minimum absolute atomic E-state index is 0.130. The van der Waals surface area contributed by atoms with Crippen molar-refractivity contribution in [3.63, 3.8) is 0 Å². The first-order valence-electron chi connectivity index (χ1n) is 9.70. The summed E-state index contributed by atoms with van der Waals surface area (Å²) < 4.78 is 14.5. The lowest BCUT2D eigenvalue weighted by atomic mass is 9.97. The molecule has 2 amide bonds. The molecule has 30 heavy (non-hydrogen) atoms. The van der Waals surface area contributed by atoms with E-state index in [9.17, 15) is 9.18 Å². The van der Waals surface area contributed by atoms with Gasteiger partial charge in [0.1, 0.15) is 11.6 Å². The molecule has 0 radical (unpaired) electrons. The Kier molecular flexibility index (Phi) is 6.77. The van der Waals surface area contributed by atoms with Gasteiger partial charge in [0.25, 0.3) is 0 Å². The van der Waals surface area contributed by atoms with Crippen LogP contribution < -0.4 is 16.0 Å². The van der Waals surface area contributed by atoms with Crippen molar-refractivity contribution in [2.75, 3.05) is 23.6 Å². The topological polar surface area (TPSA) is 78.9 Å². The van der Waals surface area contributed by atoms with E-state index in [2.05, 4.69) is 20.9 Å². The molecule has 0 unspecified atom stereocenters. The van der Waals surface area contributed by atoms with Crippen LogP contribution in [0.15, 0.2) is 30.5 Å². The van der Waals surface area contributed by atoms with Gasteiger partial charge in [-0.25, -0.2) is 14.2 Å². The van der Waals surface area contributed by atoms with E-state index >= 15 is 0 Å². The normalized spacial score (nSPS) is 11.0. The van der Waals surface area contributed by atoms with Crippen LogP contribution in [-0.4, -0.2) is 34.2 Å². The number of rotatable bonds is 6. The highest BCUT2D eigenvalue weighted by molar-refractivity contribution is 7.99. The lowest BCUT2D eigenvalue weighted by Gasteiger charge is -2.15. The third-order valence-corrected chi connectivity index (χ3v) is 5.63. The monoisotopic (exact) mass is 427 g/mol. The number of pyridine rings is 2. The van der Waals surface area contributed by atoms with Crippen molar-refractivity contribution in [2.45, 2.75) is 32.9 Å². The Hall–Kier alpha value is -2.87. The number of fused-ring (bicyclic) bond motifs is 1. The van der Waals surface area contributed by atoms with Crippen LogP contribution in [0.25, 0.3) is 22.0 Å². The van der Waals surface area contributed by atoms with Gasteiger partial charge >= 0.3 is 6.03 Å². The van der Waals surface area contributed by atoms with E-state index in [1.807, 2.05) is 46.9 Å². The summed E-state index contributed by atoms with van der Waals surface area (Å²) in [5.74, 6) is 0.724. The molecule has 3 aromatic rings. The summed E-state index contributed by atoms with van der Waals surface area (Å²) in [6.07, 6.45) is 1.76. The predicted molar refractivity (Wildman–Crippen MR) is 124 cm³/mol. The van der Waals surface area contributed by atoms with Gasteiger partial charge in [0.15, 0.2) is 0 Å². The van der Waals surface area contributed by atoms with Crippen LogP contribution in [0.2, 0.25) is 0 Å². The van der Waals surface area contributed by atoms with Gasteiger partial charge in [-0.05, 0) is 43.2 Å². The minimum atomic E-state index is -0.477. The highest BCUT2D eigenvalue weighted by Gasteiger charge is 2.15. The molecule has 0 aliphatic rings. The number of hydrogen-bond donors (Lipinski definition) is 3. The van der Waals surface area contributed by atoms with Gasteiger partial charge in [0, 0.05) is 41.2 Å². The number of aromatic nitrogens is 2. The molecular weight excluding hydrogens is 401 g/mol. The zero-order chi connectivity index (χ0) is 21.8. The van der Waals surface area contributed by atoms with Crippen molar-refractivity contribution in [1.29, 1.82) is 0 Å². The van der Waals surface area contributed by atoms with Gasteiger partial charge in [-0.2, -0.15) is 0 Å². The van der Waals surface area contributed by atoms with Gasteiger partial charge in [-0.1, -0.05) is 13.8 Å². The van der Waals surface area contributed by atoms with Crippen molar-refractivity contribution >= 4 is 40.2 Å². The van der Waals surface area contributed by atoms with Crippen molar-refractivity contribution in [3.05, 3.63) is 47.5 Å². The number of anilines is 2. The van der Waals surface area contributed by atoms with Gasteiger partial charge in [-0.3, -0.25) is 4.98 Å². The maximum atomic E-state index is 14.5. The fourth-order valence-electron chi connectivity index (χ4n) is 3.07. The highest BCUT2D eigenvalue weighted by Crippen LogP contribution is 2.32. The molecule has 158 valence electrons. The fraction of sp³-hybridized carbons (Fsp3) is 0.318. The summed E-state index contributed by atoms with van der Waals surface area (Å²) in [5.41, 5.74) is 4.22. The molecule has 0 bridgehead atoms. The third-order valence-electron chi connectivity index (χ3n) is 4.65. The van der Waals surface area contributed by atoms with Crippen LogP contribution in [0.3, 0.4) is 0 Å². The fourth-order valence-corrected chi connectivity index (χ4v) is 3.62. The van der Waals surface area contributed by atoms with Crippen molar-refractivity contribution in [1.82, 2.24) is 15.3 Å². The summed E-state index contributed by atoms with van der Waals surface area (Å²) in [7, 11) is 1.81. The molecule has 2 heterocycles. The van der Waals surface area contributed by atoms with E-state index in [1.165, 1.54) is 6.07 Å². The zero-order valence-corrected chi connectivity index (χ0v) is 18.6. The minimum Gasteiger partial charge on any atom is -0.373 e. The molecule has 3 N–H and O–H groups in total. The van der Waals surface area contributed by atoms with E-state index in [4.69, 9.17) is 4.98 Å². The zero-order valence-electron chi connectivity index (χ0n) is 17.8. The maximum Gasteiger partial charge on any atom is 0.319 e. The number of aryl methyl sites for hydroxylation is 2. The largest absolute Gasteiger partial charge is 0.373 e. The van der Waals surface area contributed by atoms with Gasteiger partial charge in [0.2, 0.25) is 0 Å². The standard InChI is InChI=1S/C22H26FN5OS/c1-12(2)30-11-26-22(29)28-20-8-16(13(3)6-18(20)23)17-7-15-10-25-21(24-5)9-19(15)27-14(17)4/h6-10,12H,11H2,1-5H3,(H,24,25)(H2,26,28,29). The number of carbonyl (C=O) groups excluding carboxylic acids is 1. The second-order valence-electron chi connectivity index (χ2n) is 7.27. The number of hydrogen-bond acceptors (Lipinski definition) is 5. The number of benzene rings is 1. The quantitative estimate of drug-likeness (QED) is 0.464. The van der Waals surface area contributed by atoms with E-state index in [-0.39, 0.29) is 5.69 Å². The molecule has 8 heteroatoms. The van der Waals surface area contributed by atoms with Crippen molar-refractivity contribution < 1.29 is 9.18 Å². The second kappa shape index (κ2) is 9.30. The van der Waals surface area contributed by atoms with E-state index < -0.39 is 11.8 Å². The highest BCUT2D eigenvalue weighted by atomic mass is 32.2. The predicted octanol–water partition coefficient (Wildman–Crippen LogP) is 5.32. The smallest absolute Gasteiger partial charge is 0.319 e. The summed E-state index contributed by atoms with van der Waals surface area (Å²) in [4.78, 5) is 21.2. The van der Waals surface area contributed by atoms with Crippen LogP contribution in [0.4, 0.5) is 20.7 Å². The Morgan fingerprint density at radius 1 is 1.17 bits per heavy atom. The first kappa shape index (κ1) is 21.8. The molecule has 0 saturated heterocycles. The molecule has 6 nitrogen and oxygen atoms in total. The average Bonchev–Trinajstić information content (AvgIpc) is 2.69. The van der Waals surface area contributed by atoms with Gasteiger partial charge < -0.3 is 16.0 Å². The summed E-state index contributed by atoms with van der Waals surface area (Å²) in [6, 6.07) is 6.53. The lowest BCUT2D eigenvalue weighted by Crippen LogP contribution is -2.29. The number of carbonyl (C=O) groups is 1. The molecule has 0 saturated carbocycles. The van der Waals surface area contributed by atoms with Crippen LogP contribution in [0.1, 0.15) is 25.1 Å². The second-order valence-corrected chi connectivity index (χ2v) is 8.84. The number of halogens is 1. The first-order valence-corrected chi connectivity index (χ1v) is 10.8. The number of nitrogens with one attached hydrogen (secondary N) is 3. The number of urea groups is 1. The van der Waals surface area contributed by atoms with Crippen LogP contribution in [0, 0.1) is 19.7 Å². The number of nitrogens with zero attached hydrogens (tertiary/aromatic N) is 2. The Morgan fingerprint density at radius 3 is 2.63 bits per heavy atom. The first-order chi connectivity index (χ1) is 14.3. The SMILES string of the molecule is CNc1cc2nc(C)c(-c3cc(NC(=O)NCSC(C)C)c(F)cc3C)cc2cn1. The molecule has 0 atom stereocenters. The molecule has 3 rings (SSSR count). The number of amides is 2.